The molecule has 0 aliphatic heterocycles. The summed E-state index contributed by atoms with van der Waals surface area (Å²) in [6.07, 6.45) is 2.43. The lowest BCUT2D eigenvalue weighted by molar-refractivity contribution is 0.0118. The van der Waals surface area contributed by atoms with Crippen LogP contribution < -0.4 is 10.1 Å². The lowest BCUT2D eigenvalue weighted by atomic mass is 10.1. The van der Waals surface area contributed by atoms with Crippen LogP contribution in [0.25, 0.3) is 0 Å². The Bertz CT molecular complexity index is 416. The van der Waals surface area contributed by atoms with Gasteiger partial charge in [0.2, 0.25) is 0 Å². The van der Waals surface area contributed by atoms with Crippen LogP contribution in [0, 0.1) is 6.92 Å². The van der Waals surface area contributed by atoms with E-state index in [0.717, 1.165) is 11.3 Å². The fourth-order valence-corrected chi connectivity index (χ4v) is 1.83. The fourth-order valence-electron chi connectivity index (χ4n) is 1.67. The van der Waals surface area contributed by atoms with Crippen LogP contribution >= 0.6 is 11.6 Å². The molecule has 1 aliphatic rings. The number of aryl methyl sites for hydroxylation is 1. The average molecular weight is 270 g/mol. The average Bonchev–Trinajstić information content (AvgIpc) is 3.12. The van der Waals surface area contributed by atoms with Crippen LogP contribution in [0.5, 0.6) is 5.75 Å². The van der Waals surface area contributed by atoms with E-state index in [9.17, 15) is 5.11 Å². The summed E-state index contributed by atoms with van der Waals surface area (Å²) in [6.45, 7) is 4.55. The Morgan fingerprint density at radius 1 is 1.50 bits per heavy atom. The molecule has 1 aliphatic carbocycles. The summed E-state index contributed by atoms with van der Waals surface area (Å²) >= 11 is 5.92. The molecule has 3 nitrogen and oxygen atoms in total. The molecule has 2 rings (SSSR count). The van der Waals surface area contributed by atoms with E-state index in [0.29, 0.717) is 17.6 Å². The predicted octanol–water partition coefficient (Wildman–Crippen LogP) is 2.53. The van der Waals surface area contributed by atoms with Crippen LogP contribution in [-0.2, 0) is 0 Å². The van der Waals surface area contributed by atoms with Gasteiger partial charge in [-0.2, -0.15) is 0 Å². The SMILES string of the molecule is Cc1ccc(Cl)cc1OCC(C)(O)CNC1CC1. The predicted molar refractivity (Wildman–Crippen MR) is 73.3 cm³/mol. The minimum Gasteiger partial charge on any atom is -0.490 e. The quantitative estimate of drug-likeness (QED) is 0.834. The molecular formula is C14H20ClNO2. The standard InChI is InChI=1S/C14H20ClNO2/c1-10-3-4-11(15)7-13(10)18-9-14(2,17)8-16-12-5-6-12/h3-4,7,12,16-17H,5-6,8-9H2,1-2H3. The van der Waals surface area contributed by atoms with Gasteiger partial charge in [-0.15, -0.1) is 0 Å². The van der Waals surface area contributed by atoms with E-state index in [1.54, 1.807) is 13.0 Å². The van der Waals surface area contributed by atoms with E-state index < -0.39 is 5.60 Å². The number of hydrogen-bond acceptors (Lipinski definition) is 3. The maximum absolute atomic E-state index is 10.2. The van der Waals surface area contributed by atoms with Gasteiger partial charge in [-0.1, -0.05) is 17.7 Å². The third kappa shape index (κ3) is 4.16. The van der Waals surface area contributed by atoms with Crippen molar-refractivity contribution in [3.05, 3.63) is 28.8 Å². The molecule has 0 heterocycles. The molecule has 2 N–H and O–H groups in total. The summed E-state index contributed by atoms with van der Waals surface area (Å²) in [4.78, 5) is 0. The normalized spacial score (nSPS) is 18.4. The second-order valence-electron chi connectivity index (χ2n) is 5.35. The van der Waals surface area contributed by atoms with Gasteiger partial charge < -0.3 is 15.2 Å². The number of aliphatic hydroxyl groups is 1. The molecule has 0 radical (unpaired) electrons. The van der Waals surface area contributed by atoms with Crippen LogP contribution in [0.3, 0.4) is 0 Å². The van der Waals surface area contributed by atoms with Gasteiger partial charge in [0, 0.05) is 17.6 Å². The van der Waals surface area contributed by atoms with Crippen LogP contribution in [0.15, 0.2) is 18.2 Å². The highest BCUT2D eigenvalue weighted by Gasteiger charge is 2.27. The summed E-state index contributed by atoms with van der Waals surface area (Å²) in [5, 5.41) is 14.1. The van der Waals surface area contributed by atoms with Gasteiger partial charge in [0.1, 0.15) is 18.0 Å². The minimum atomic E-state index is -0.864. The van der Waals surface area contributed by atoms with E-state index in [4.69, 9.17) is 16.3 Å². The molecule has 0 spiro atoms. The van der Waals surface area contributed by atoms with Crippen molar-refractivity contribution in [3.63, 3.8) is 0 Å². The topological polar surface area (TPSA) is 41.5 Å². The number of nitrogens with one attached hydrogen (secondary N) is 1. The van der Waals surface area contributed by atoms with Gasteiger partial charge in [0.25, 0.3) is 0 Å². The van der Waals surface area contributed by atoms with E-state index in [2.05, 4.69) is 5.32 Å². The van der Waals surface area contributed by atoms with E-state index in [1.807, 2.05) is 19.1 Å². The van der Waals surface area contributed by atoms with Gasteiger partial charge in [0.05, 0.1) is 0 Å². The van der Waals surface area contributed by atoms with Crippen molar-refractivity contribution in [2.75, 3.05) is 13.2 Å². The number of ether oxygens (including phenoxy) is 1. The number of halogens is 1. The molecule has 0 saturated heterocycles. The Morgan fingerprint density at radius 3 is 2.89 bits per heavy atom. The smallest absolute Gasteiger partial charge is 0.123 e. The summed E-state index contributed by atoms with van der Waals surface area (Å²) in [6, 6.07) is 6.11. The second-order valence-corrected chi connectivity index (χ2v) is 5.79. The summed E-state index contributed by atoms with van der Waals surface area (Å²) < 4.78 is 5.66. The third-order valence-corrected chi connectivity index (χ3v) is 3.27. The Balaban J connectivity index is 1.86. The Kier molecular flexibility index (Phi) is 4.15. The maximum atomic E-state index is 10.2. The van der Waals surface area contributed by atoms with Crippen LogP contribution in [0.1, 0.15) is 25.3 Å². The molecule has 1 atom stereocenters. The van der Waals surface area contributed by atoms with Gasteiger partial charge in [-0.25, -0.2) is 0 Å². The lowest BCUT2D eigenvalue weighted by Gasteiger charge is -2.24. The Hall–Kier alpha value is -0.770. The van der Waals surface area contributed by atoms with Crippen molar-refractivity contribution in [3.8, 4) is 5.75 Å². The lowest BCUT2D eigenvalue weighted by Crippen LogP contribution is -2.43. The zero-order chi connectivity index (χ0) is 13.2. The summed E-state index contributed by atoms with van der Waals surface area (Å²) in [7, 11) is 0. The van der Waals surface area contributed by atoms with Gasteiger partial charge in [-0.3, -0.25) is 0 Å². The van der Waals surface area contributed by atoms with Crippen molar-refractivity contribution in [1.82, 2.24) is 5.32 Å². The fraction of sp³-hybridized carbons (Fsp3) is 0.571. The van der Waals surface area contributed by atoms with Crippen molar-refractivity contribution in [2.24, 2.45) is 0 Å². The first-order valence-corrected chi connectivity index (χ1v) is 6.69. The number of benzene rings is 1. The highest BCUT2D eigenvalue weighted by molar-refractivity contribution is 6.30. The van der Waals surface area contributed by atoms with Gasteiger partial charge in [-0.05, 0) is 44.4 Å². The maximum Gasteiger partial charge on any atom is 0.123 e. The molecule has 0 amide bonds. The molecule has 1 aromatic rings. The van der Waals surface area contributed by atoms with E-state index >= 15 is 0 Å². The van der Waals surface area contributed by atoms with E-state index in [1.165, 1.54) is 12.8 Å². The summed E-state index contributed by atoms with van der Waals surface area (Å²) in [5.41, 5.74) is 0.155. The zero-order valence-corrected chi connectivity index (χ0v) is 11.6. The first kappa shape index (κ1) is 13.7. The van der Waals surface area contributed by atoms with E-state index in [-0.39, 0.29) is 6.61 Å². The van der Waals surface area contributed by atoms with Crippen LogP contribution in [0.2, 0.25) is 5.02 Å². The highest BCUT2D eigenvalue weighted by Crippen LogP contribution is 2.24. The monoisotopic (exact) mass is 269 g/mol. The summed E-state index contributed by atoms with van der Waals surface area (Å²) in [5.74, 6) is 0.731. The first-order valence-electron chi connectivity index (χ1n) is 6.31. The third-order valence-electron chi connectivity index (χ3n) is 3.04. The number of rotatable bonds is 6. The van der Waals surface area contributed by atoms with Crippen molar-refractivity contribution < 1.29 is 9.84 Å². The number of hydrogen-bond donors (Lipinski definition) is 2. The molecule has 100 valence electrons. The molecule has 0 bridgehead atoms. The first-order chi connectivity index (χ1) is 8.46. The van der Waals surface area contributed by atoms with Gasteiger partial charge in [0.15, 0.2) is 0 Å². The molecule has 4 heteroatoms. The molecular weight excluding hydrogens is 250 g/mol. The Morgan fingerprint density at radius 2 is 2.22 bits per heavy atom. The largest absolute Gasteiger partial charge is 0.490 e. The molecule has 1 saturated carbocycles. The minimum absolute atomic E-state index is 0.258. The Labute approximate surface area is 113 Å². The second kappa shape index (κ2) is 5.47. The molecule has 18 heavy (non-hydrogen) atoms. The zero-order valence-electron chi connectivity index (χ0n) is 10.9. The molecule has 0 aromatic heterocycles. The van der Waals surface area contributed by atoms with Crippen molar-refractivity contribution >= 4 is 11.6 Å². The van der Waals surface area contributed by atoms with Crippen molar-refractivity contribution in [1.29, 1.82) is 0 Å². The van der Waals surface area contributed by atoms with Crippen molar-refractivity contribution in [2.45, 2.75) is 38.3 Å². The molecule has 1 unspecified atom stereocenters. The molecule has 1 aromatic carbocycles. The van der Waals surface area contributed by atoms with Gasteiger partial charge >= 0.3 is 0 Å². The molecule has 1 fully saturated rings. The van der Waals surface area contributed by atoms with Crippen LogP contribution in [0.4, 0.5) is 0 Å². The van der Waals surface area contributed by atoms with Crippen LogP contribution in [-0.4, -0.2) is 29.9 Å². The highest BCUT2D eigenvalue weighted by atomic mass is 35.5.